The van der Waals surface area contributed by atoms with Crippen molar-refractivity contribution in [2.45, 2.75) is 50.7 Å². The lowest BCUT2D eigenvalue weighted by atomic mass is 9.79. The second-order valence-electron chi connectivity index (χ2n) is 7.20. The number of aromatic nitrogens is 1. The van der Waals surface area contributed by atoms with Crippen LogP contribution >= 0.6 is 0 Å². The Bertz CT molecular complexity index is 798. The fraction of sp³-hybridized carbons (Fsp3) is 0.579. The molecule has 0 aromatic carbocycles. The van der Waals surface area contributed by atoms with Crippen LogP contribution < -0.4 is 0 Å². The summed E-state index contributed by atoms with van der Waals surface area (Å²) < 4.78 is 45.6. The van der Waals surface area contributed by atoms with Crippen molar-refractivity contribution in [1.82, 2.24) is 14.8 Å². The molecule has 2 aliphatic heterocycles. The number of aliphatic carboxylic acids is 1. The number of hydrogen-bond donors (Lipinski definition) is 1. The van der Waals surface area contributed by atoms with Gasteiger partial charge in [-0.1, -0.05) is 0 Å². The van der Waals surface area contributed by atoms with Crippen molar-refractivity contribution in [3.05, 3.63) is 29.8 Å². The van der Waals surface area contributed by atoms with E-state index in [1.807, 2.05) is 11.8 Å². The van der Waals surface area contributed by atoms with E-state index in [4.69, 9.17) is 9.90 Å². The van der Waals surface area contributed by atoms with E-state index in [-0.39, 0.29) is 22.9 Å². The molecule has 0 radical (unpaired) electrons. The van der Waals surface area contributed by atoms with Gasteiger partial charge in [0.15, 0.2) is 5.82 Å². The molecule has 3 heterocycles. The first kappa shape index (κ1) is 23.6. The maximum Gasteiger partial charge on any atom is 0.490 e. The molecule has 1 spiro atoms. The van der Waals surface area contributed by atoms with Crippen molar-refractivity contribution in [2.24, 2.45) is 0 Å². The monoisotopic (exact) mass is 433 g/mol. The molecule has 11 heteroatoms. The molecule has 1 N–H and O–H groups in total. The number of carboxylic acids is 1. The number of carbonyl (C=O) groups excluding carboxylic acids is 2. The fourth-order valence-electron chi connectivity index (χ4n) is 4.04. The molecule has 0 aliphatic carbocycles. The molecule has 2 aliphatic rings. The molecule has 2 amide bonds. The first-order chi connectivity index (χ1) is 14.0. The van der Waals surface area contributed by atoms with Gasteiger partial charge >= 0.3 is 12.1 Å². The number of carboxylic acid groups (broad SMARTS) is 1. The summed E-state index contributed by atoms with van der Waals surface area (Å²) in [5.74, 6) is -3.49. The van der Waals surface area contributed by atoms with Crippen molar-refractivity contribution < 1.29 is 37.1 Å². The van der Waals surface area contributed by atoms with E-state index in [2.05, 4.69) is 4.98 Å². The minimum absolute atomic E-state index is 0.0576. The summed E-state index contributed by atoms with van der Waals surface area (Å²) in [5, 5.41) is 7.12. The molecule has 0 saturated carbocycles. The Morgan fingerprint density at radius 2 is 1.90 bits per heavy atom. The number of nitrogens with zero attached hydrogens (tertiary/aromatic N) is 3. The number of rotatable bonds is 2. The van der Waals surface area contributed by atoms with Crippen molar-refractivity contribution in [3.63, 3.8) is 0 Å². The number of hydrogen-bond acceptors (Lipinski definition) is 4. The molecular weight excluding hydrogens is 410 g/mol. The van der Waals surface area contributed by atoms with Crippen LogP contribution in [0.5, 0.6) is 0 Å². The molecule has 3 rings (SSSR count). The quantitative estimate of drug-likeness (QED) is 0.725. The van der Waals surface area contributed by atoms with Gasteiger partial charge in [-0.05, 0) is 38.7 Å². The summed E-state index contributed by atoms with van der Waals surface area (Å²) in [6.45, 7) is 3.74. The van der Waals surface area contributed by atoms with Crippen LogP contribution in [0.1, 0.15) is 49.4 Å². The summed E-state index contributed by atoms with van der Waals surface area (Å²) in [6.07, 6.45) is 1.52. The second kappa shape index (κ2) is 9.40. The van der Waals surface area contributed by atoms with Crippen LogP contribution in [-0.4, -0.2) is 69.0 Å². The third-order valence-corrected chi connectivity index (χ3v) is 5.31. The number of likely N-dealkylation sites (N-methyl/N-ethyl adjacent to an activating group) is 1. The van der Waals surface area contributed by atoms with Crippen molar-refractivity contribution in [1.29, 1.82) is 0 Å². The first-order valence-electron chi connectivity index (χ1n) is 9.51. The van der Waals surface area contributed by atoms with Gasteiger partial charge in [0.05, 0.1) is 17.3 Å². The number of likely N-dealkylation sites (tertiary alicyclic amines) is 2. The molecule has 1 aromatic heterocycles. The first-order valence-corrected chi connectivity index (χ1v) is 9.51. The van der Waals surface area contributed by atoms with Gasteiger partial charge in [-0.15, -0.1) is 0 Å². The lowest BCUT2D eigenvalue weighted by molar-refractivity contribution is -0.192. The van der Waals surface area contributed by atoms with E-state index < -0.39 is 18.0 Å². The Morgan fingerprint density at radius 3 is 2.47 bits per heavy atom. The maximum atomic E-state index is 13.9. The standard InChI is InChI=1S/C17H22FN3O2.C2HF3O2/c1-2-21-15(22)5-3-7-17(21)8-4-10-20(12-17)16(23)13-6-9-19-11-14(13)18;3-2(4,5)1(6)7/h6,9,11H,2-5,7-8,10,12H2,1H3;(H,6,7). The van der Waals surface area contributed by atoms with Gasteiger partial charge in [0.1, 0.15) is 0 Å². The second-order valence-corrected chi connectivity index (χ2v) is 7.20. The third-order valence-electron chi connectivity index (χ3n) is 5.31. The van der Waals surface area contributed by atoms with Gasteiger partial charge in [0.2, 0.25) is 5.91 Å². The van der Waals surface area contributed by atoms with E-state index in [1.54, 1.807) is 4.90 Å². The van der Waals surface area contributed by atoms with E-state index in [9.17, 15) is 27.2 Å². The molecule has 1 aromatic rings. The number of amides is 2. The van der Waals surface area contributed by atoms with Gasteiger partial charge in [-0.3, -0.25) is 14.6 Å². The zero-order valence-corrected chi connectivity index (χ0v) is 16.4. The normalized spacial score (nSPS) is 21.8. The van der Waals surface area contributed by atoms with Crippen LogP contribution in [0, 0.1) is 5.82 Å². The van der Waals surface area contributed by atoms with Crippen LogP contribution in [-0.2, 0) is 9.59 Å². The number of halogens is 4. The lowest BCUT2D eigenvalue weighted by Crippen LogP contribution is -2.63. The minimum atomic E-state index is -5.08. The minimum Gasteiger partial charge on any atom is -0.475 e. The average Bonchev–Trinajstić information content (AvgIpc) is 2.68. The zero-order valence-electron chi connectivity index (χ0n) is 16.4. The summed E-state index contributed by atoms with van der Waals surface area (Å²) >= 11 is 0. The molecule has 2 fully saturated rings. The van der Waals surface area contributed by atoms with Gasteiger partial charge in [-0.2, -0.15) is 13.2 Å². The highest BCUT2D eigenvalue weighted by Gasteiger charge is 2.45. The average molecular weight is 433 g/mol. The zero-order chi connectivity index (χ0) is 22.5. The number of pyridine rings is 1. The Labute approximate surface area is 170 Å². The predicted octanol–water partition coefficient (Wildman–Crippen LogP) is 2.86. The third kappa shape index (κ3) is 5.25. The highest BCUT2D eigenvalue weighted by Crippen LogP contribution is 2.37. The van der Waals surface area contributed by atoms with E-state index in [1.165, 1.54) is 12.3 Å². The predicted molar refractivity (Wildman–Crippen MR) is 97.0 cm³/mol. The Kier molecular flexibility index (Phi) is 7.38. The van der Waals surface area contributed by atoms with Crippen LogP contribution in [0.25, 0.3) is 0 Å². The lowest BCUT2D eigenvalue weighted by Gasteiger charge is -2.51. The van der Waals surface area contributed by atoms with Gasteiger partial charge in [0.25, 0.3) is 5.91 Å². The van der Waals surface area contributed by atoms with Gasteiger partial charge < -0.3 is 14.9 Å². The largest absolute Gasteiger partial charge is 0.490 e. The van der Waals surface area contributed by atoms with Crippen molar-refractivity contribution in [3.8, 4) is 0 Å². The molecule has 30 heavy (non-hydrogen) atoms. The number of carbonyl (C=O) groups is 3. The highest BCUT2D eigenvalue weighted by molar-refractivity contribution is 5.94. The summed E-state index contributed by atoms with van der Waals surface area (Å²) in [5.41, 5.74) is -0.219. The van der Waals surface area contributed by atoms with E-state index in [0.29, 0.717) is 26.1 Å². The summed E-state index contributed by atoms with van der Waals surface area (Å²) in [6, 6.07) is 1.42. The fourth-order valence-corrected chi connectivity index (χ4v) is 4.04. The molecule has 7 nitrogen and oxygen atoms in total. The number of piperidine rings is 2. The SMILES string of the molecule is CCN1C(=O)CCCC12CCCN(C(=O)c1ccncc1F)C2.O=C(O)C(F)(F)F. The van der Waals surface area contributed by atoms with E-state index >= 15 is 0 Å². The topological polar surface area (TPSA) is 90.8 Å². The molecule has 1 unspecified atom stereocenters. The Morgan fingerprint density at radius 1 is 1.27 bits per heavy atom. The van der Waals surface area contributed by atoms with Crippen molar-refractivity contribution >= 4 is 17.8 Å². The maximum absolute atomic E-state index is 13.9. The molecular formula is C19H23F4N3O4. The van der Waals surface area contributed by atoms with Crippen LogP contribution in [0.4, 0.5) is 17.6 Å². The molecule has 166 valence electrons. The highest BCUT2D eigenvalue weighted by atomic mass is 19.4. The molecule has 1 atom stereocenters. The van der Waals surface area contributed by atoms with Crippen LogP contribution in [0.15, 0.2) is 18.5 Å². The summed E-state index contributed by atoms with van der Waals surface area (Å²) in [7, 11) is 0. The van der Waals surface area contributed by atoms with Crippen molar-refractivity contribution in [2.75, 3.05) is 19.6 Å². The summed E-state index contributed by atoms with van der Waals surface area (Å²) in [4.78, 5) is 41.1. The van der Waals surface area contributed by atoms with Gasteiger partial charge in [-0.25, -0.2) is 9.18 Å². The molecule has 2 saturated heterocycles. The van der Waals surface area contributed by atoms with E-state index in [0.717, 1.165) is 31.9 Å². The van der Waals surface area contributed by atoms with Crippen LogP contribution in [0.2, 0.25) is 0 Å². The molecule has 0 bridgehead atoms. The number of alkyl halides is 3. The Balaban J connectivity index is 0.000000396. The van der Waals surface area contributed by atoms with Crippen LogP contribution in [0.3, 0.4) is 0 Å². The smallest absolute Gasteiger partial charge is 0.475 e. The Hall–Kier alpha value is -2.72. The van der Waals surface area contributed by atoms with Gasteiger partial charge in [0, 0.05) is 32.3 Å².